The highest BCUT2D eigenvalue weighted by Gasteiger charge is 2.13. The van der Waals surface area contributed by atoms with E-state index in [9.17, 15) is 0 Å². The summed E-state index contributed by atoms with van der Waals surface area (Å²) in [6, 6.07) is 0.497. The lowest BCUT2D eigenvalue weighted by molar-refractivity contribution is 0.184. The average Bonchev–Trinajstić information content (AvgIpc) is 2.86. The van der Waals surface area contributed by atoms with Crippen LogP contribution in [-0.4, -0.2) is 24.1 Å². The van der Waals surface area contributed by atoms with Crippen LogP contribution in [0.3, 0.4) is 0 Å². The van der Waals surface area contributed by atoms with Crippen LogP contribution in [0, 0.1) is 0 Å². The van der Waals surface area contributed by atoms with E-state index >= 15 is 0 Å². The summed E-state index contributed by atoms with van der Waals surface area (Å²) < 4.78 is 5.04. The summed E-state index contributed by atoms with van der Waals surface area (Å²) >= 11 is 1.59. The van der Waals surface area contributed by atoms with Gasteiger partial charge in [0.2, 0.25) is 0 Å². The highest BCUT2D eigenvalue weighted by molar-refractivity contribution is 7.09. The number of hydrogen-bond acceptors (Lipinski definition) is 4. The zero-order valence-electron chi connectivity index (χ0n) is 11.4. The van der Waals surface area contributed by atoms with Crippen molar-refractivity contribution in [3.8, 4) is 0 Å². The standard InChI is InChI=1S/C13H22N4OS/c1-18-8-12-16-11(9-19-12)7-15-13(14)17-10-5-3-2-4-6-10/h9-10H,2-8H2,1H3,(H3,14,15,17). The fraction of sp³-hybridized carbons (Fsp3) is 0.692. The van der Waals surface area contributed by atoms with Crippen LogP contribution < -0.4 is 11.1 Å². The van der Waals surface area contributed by atoms with Gasteiger partial charge < -0.3 is 15.8 Å². The molecule has 6 heteroatoms. The molecule has 5 nitrogen and oxygen atoms in total. The number of ether oxygens (including phenoxy) is 1. The number of nitrogens with one attached hydrogen (secondary N) is 1. The van der Waals surface area contributed by atoms with E-state index in [0.29, 0.717) is 25.2 Å². The van der Waals surface area contributed by atoms with Gasteiger partial charge in [0, 0.05) is 18.5 Å². The Hall–Kier alpha value is -1.14. The number of rotatable bonds is 5. The Bertz CT molecular complexity index is 413. The Morgan fingerprint density at radius 3 is 3.05 bits per heavy atom. The Kier molecular flexibility index (Phi) is 5.60. The normalized spacial score (nSPS) is 17.6. The van der Waals surface area contributed by atoms with Crippen LogP contribution in [0.1, 0.15) is 42.8 Å². The third-order valence-electron chi connectivity index (χ3n) is 3.24. The van der Waals surface area contributed by atoms with Crippen molar-refractivity contribution in [1.29, 1.82) is 0 Å². The third-order valence-corrected chi connectivity index (χ3v) is 4.11. The van der Waals surface area contributed by atoms with Gasteiger partial charge in [0.05, 0.1) is 18.8 Å². The van der Waals surface area contributed by atoms with Gasteiger partial charge in [0.25, 0.3) is 0 Å². The Morgan fingerprint density at radius 1 is 1.53 bits per heavy atom. The van der Waals surface area contributed by atoms with Crippen molar-refractivity contribution < 1.29 is 4.74 Å². The van der Waals surface area contributed by atoms with Crippen molar-refractivity contribution in [3.05, 3.63) is 16.1 Å². The van der Waals surface area contributed by atoms with Gasteiger partial charge >= 0.3 is 0 Å². The minimum absolute atomic E-state index is 0.497. The lowest BCUT2D eigenvalue weighted by Gasteiger charge is -2.23. The van der Waals surface area contributed by atoms with Crippen LogP contribution in [0.25, 0.3) is 0 Å². The first kappa shape index (κ1) is 14.3. The fourth-order valence-corrected chi connectivity index (χ4v) is 3.03. The molecule has 1 aromatic heterocycles. The van der Waals surface area contributed by atoms with Crippen molar-refractivity contribution in [2.45, 2.75) is 51.3 Å². The Morgan fingerprint density at radius 2 is 2.32 bits per heavy atom. The zero-order chi connectivity index (χ0) is 13.5. The summed E-state index contributed by atoms with van der Waals surface area (Å²) in [5, 5.41) is 6.28. The van der Waals surface area contributed by atoms with Crippen molar-refractivity contribution in [2.75, 3.05) is 7.11 Å². The summed E-state index contributed by atoms with van der Waals surface area (Å²) in [4.78, 5) is 8.77. The van der Waals surface area contributed by atoms with Crippen LogP contribution >= 0.6 is 11.3 Å². The highest BCUT2D eigenvalue weighted by atomic mass is 32.1. The van der Waals surface area contributed by atoms with Crippen LogP contribution in [0.4, 0.5) is 0 Å². The summed E-state index contributed by atoms with van der Waals surface area (Å²) in [5.41, 5.74) is 6.86. The van der Waals surface area contributed by atoms with E-state index in [0.717, 1.165) is 10.7 Å². The van der Waals surface area contributed by atoms with Gasteiger partial charge in [0.15, 0.2) is 5.96 Å². The highest BCUT2D eigenvalue weighted by Crippen LogP contribution is 2.17. The van der Waals surface area contributed by atoms with E-state index in [1.165, 1.54) is 32.1 Å². The first-order chi connectivity index (χ1) is 9.28. The fourth-order valence-electron chi connectivity index (χ4n) is 2.28. The largest absolute Gasteiger partial charge is 0.378 e. The molecular weight excluding hydrogens is 260 g/mol. The molecule has 3 N–H and O–H groups in total. The number of hydrogen-bond donors (Lipinski definition) is 2. The maximum atomic E-state index is 5.91. The van der Waals surface area contributed by atoms with Crippen molar-refractivity contribution in [1.82, 2.24) is 10.3 Å². The van der Waals surface area contributed by atoms with Gasteiger partial charge in [-0.15, -0.1) is 11.3 Å². The molecule has 1 saturated carbocycles. The summed E-state index contributed by atoms with van der Waals surface area (Å²) in [6.45, 7) is 1.09. The molecule has 1 heterocycles. The topological polar surface area (TPSA) is 72.5 Å². The first-order valence-corrected chi connectivity index (χ1v) is 7.64. The molecule has 0 aliphatic heterocycles. The number of thiazole rings is 1. The maximum Gasteiger partial charge on any atom is 0.189 e. The van der Waals surface area contributed by atoms with E-state index in [1.54, 1.807) is 18.4 Å². The van der Waals surface area contributed by atoms with E-state index in [4.69, 9.17) is 10.5 Å². The first-order valence-electron chi connectivity index (χ1n) is 6.76. The molecule has 0 saturated heterocycles. The van der Waals surface area contributed by atoms with Gasteiger partial charge in [0.1, 0.15) is 5.01 Å². The molecular formula is C13H22N4OS. The number of aromatic nitrogens is 1. The molecule has 1 aliphatic carbocycles. The predicted molar refractivity (Wildman–Crippen MR) is 78.2 cm³/mol. The molecule has 1 fully saturated rings. The van der Waals surface area contributed by atoms with E-state index < -0.39 is 0 Å². The molecule has 0 radical (unpaired) electrons. The van der Waals surface area contributed by atoms with Crippen LogP contribution in [0.15, 0.2) is 10.4 Å². The zero-order valence-corrected chi connectivity index (χ0v) is 12.2. The quantitative estimate of drug-likeness (QED) is 0.640. The maximum absolute atomic E-state index is 5.91. The monoisotopic (exact) mass is 282 g/mol. The summed E-state index contributed by atoms with van der Waals surface area (Å²) in [6.07, 6.45) is 6.32. The van der Waals surface area contributed by atoms with Crippen molar-refractivity contribution in [2.24, 2.45) is 10.7 Å². The van der Waals surface area contributed by atoms with Gasteiger partial charge in [-0.1, -0.05) is 19.3 Å². The van der Waals surface area contributed by atoms with Crippen LogP contribution in [0.2, 0.25) is 0 Å². The Labute approximate surface area is 118 Å². The van der Waals surface area contributed by atoms with Crippen LogP contribution in [0.5, 0.6) is 0 Å². The molecule has 0 atom stereocenters. The number of methoxy groups -OCH3 is 1. The van der Waals surface area contributed by atoms with Gasteiger partial charge in [-0.25, -0.2) is 9.98 Å². The molecule has 106 valence electrons. The lowest BCUT2D eigenvalue weighted by atomic mass is 9.96. The molecule has 0 amide bonds. The average molecular weight is 282 g/mol. The predicted octanol–water partition coefficient (Wildman–Crippen LogP) is 2.03. The summed E-state index contributed by atoms with van der Waals surface area (Å²) in [5.74, 6) is 0.535. The molecule has 0 aromatic carbocycles. The molecule has 0 spiro atoms. The SMILES string of the molecule is COCc1nc(CN=C(N)NC2CCCCC2)cs1. The second kappa shape index (κ2) is 7.45. The summed E-state index contributed by atoms with van der Waals surface area (Å²) in [7, 11) is 1.67. The Balaban J connectivity index is 1.79. The van der Waals surface area contributed by atoms with Gasteiger partial charge in [-0.3, -0.25) is 0 Å². The van der Waals surface area contributed by atoms with Gasteiger partial charge in [-0.05, 0) is 12.8 Å². The molecule has 19 heavy (non-hydrogen) atoms. The minimum Gasteiger partial charge on any atom is -0.378 e. The molecule has 1 aromatic rings. The van der Waals surface area contributed by atoms with E-state index in [1.807, 2.05) is 5.38 Å². The minimum atomic E-state index is 0.497. The van der Waals surface area contributed by atoms with E-state index in [2.05, 4.69) is 15.3 Å². The number of aliphatic imine (C=N–C) groups is 1. The van der Waals surface area contributed by atoms with Crippen LogP contribution in [-0.2, 0) is 17.9 Å². The number of nitrogens with two attached hydrogens (primary N) is 1. The molecule has 0 bridgehead atoms. The van der Waals surface area contributed by atoms with Crippen molar-refractivity contribution >= 4 is 17.3 Å². The number of nitrogens with zero attached hydrogens (tertiary/aromatic N) is 2. The molecule has 2 rings (SSSR count). The third kappa shape index (κ3) is 4.80. The molecule has 0 unspecified atom stereocenters. The second-order valence-corrected chi connectivity index (χ2v) is 5.79. The van der Waals surface area contributed by atoms with Crippen molar-refractivity contribution in [3.63, 3.8) is 0 Å². The van der Waals surface area contributed by atoms with Gasteiger partial charge in [-0.2, -0.15) is 0 Å². The smallest absolute Gasteiger partial charge is 0.189 e. The lowest BCUT2D eigenvalue weighted by Crippen LogP contribution is -2.41. The van der Waals surface area contributed by atoms with E-state index in [-0.39, 0.29) is 0 Å². The second-order valence-electron chi connectivity index (χ2n) is 4.85. The number of guanidine groups is 1. The molecule has 1 aliphatic rings.